The monoisotopic (exact) mass is 332 g/mol. The normalized spacial score (nSPS) is 14.7. The lowest BCUT2D eigenvalue weighted by Gasteiger charge is -2.04. The van der Waals surface area contributed by atoms with Crippen LogP contribution in [0.5, 0.6) is 0 Å². The number of aromatic nitrogens is 4. The highest BCUT2D eigenvalue weighted by Gasteiger charge is 2.16. The van der Waals surface area contributed by atoms with Gasteiger partial charge in [-0.25, -0.2) is 0 Å². The molecule has 0 N–H and O–H groups in total. The summed E-state index contributed by atoms with van der Waals surface area (Å²) in [6, 6.07) is 6.07. The molecule has 7 heteroatoms. The zero-order chi connectivity index (χ0) is 14.8. The van der Waals surface area contributed by atoms with Crippen molar-refractivity contribution in [2.45, 2.75) is 43.1 Å². The number of thiophene rings is 1. The van der Waals surface area contributed by atoms with Gasteiger partial charge in [0.25, 0.3) is 0 Å². The average molecular weight is 332 g/mol. The first-order valence-corrected chi connectivity index (χ1v) is 9.31. The van der Waals surface area contributed by atoms with Gasteiger partial charge in [0.1, 0.15) is 5.82 Å². The van der Waals surface area contributed by atoms with Crippen molar-refractivity contribution in [3.8, 4) is 10.6 Å². The molecule has 1 aliphatic rings. The van der Waals surface area contributed by atoms with Crippen molar-refractivity contribution in [3.63, 3.8) is 0 Å². The predicted octanol–water partition coefficient (Wildman–Crippen LogP) is 4.01. The summed E-state index contributed by atoms with van der Waals surface area (Å²) in [5, 5.41) is 15.8. The number of rotatable bonds is 4. The third-order valence-corrected chi connectivity index (χ3v) is 5.63. The van der Waals surface area contributed by atoms with Crippen LogP contribution in [-0.2, 0) is 18.7 Å². The summed E-state index contributed by atoms with van der Waals surface area (Å²) in [7, 11) is 0. The highest BCUT2D eigenvalue weighted by molar-refractivity contribution is 7.98. The van der Waals surface area contributed by atoms with Crippen LogP contribution in [0.3, 0.4) is 0 Å². The van der Waals surface area contributed by atoms with Crippen LogP contribution in [0.15, 0.2) is 33.3 Å². The molecule has 0 saturated carbocycles. The Morgan fingerprint density at radius 2 is 2.27 bits per heavy atom. The lowest BCUT2D eigenvalue weighted by molar-refractivity contribution is 0.427. The molecule has 0 unspecified atom stereocenters. The second-order valence-electron chi connectivity index (χ2n) is 5.31. The van der Waals surface area contributed by atoms with E-state index in [-0.39, 0.29) is 0 Å². The van der Waals surface area contributed by atoms with Crippen molar-refractivity contribution in [2.75, 3.05) is 0 Å². The van der Waals surface area contributed by atoms with Gasteiger partial charge in [-0.15, -0.1) is 21.5 Å². The fraction of sp³-hybridized carbons (Fsp3) is 0.400. The minimum atomic E-state index is 0.757. The summed E-state index contributed by atoms with van der Waals surface area (Å²) in [5.41, 5.74) is 0.944. The Morgan fingerprint density at radius 3 is 3.18 bits per heavy atom. The van der Waals surface area contributed by atoms with Gasteiger partial charge in [-0.1, -0.05) is 29.4 Å². The summed E-state index contributed by atoms with van der Waals surface area (Å²) < 4.78 is 7.68. The van der Waals surface area contributed by atoms with E-state index in [9.17, 15) is 0 Å². The molecule has 0 radical (unpaired) electrons. The van der Waals surface area contributed by atoms with E-state index in [1.165, 1.54) is 19.3 Å². The fourth-order valence-corrected chi connectivity index (χ4v) is 4.16. The van der Waals surface area contributed by atoms with Crippen LogP contribution in [0.25, 0.3) is 10.6 Å². The average Bonchev–Trinajstić information content (AvgIpc) is 3.24. The van der Waals surface area contributed by atoms with Crippen molar-refractivity contribution in [1.82, 2.24) is 19.9 Å². The van der Waals surface area contributed by atoms with E-state index in [4.69, 9.17) is 4.52 Å². The summed E-state index contributed by atoms with van der Waals surface area (Å²) in [4.78, 5) is 1.11. The van der Waals surface area contributed by atoms with Crippen molar-refractivity contribution >= 4 is 23.1 Å². The van der Waals surface area contributed by atoms with Gasteiger partial charge in [0, 0.05) is 24.8 Å². The van der Waals surface area contributed by atoms with Gasteiger partial charge in [-0.05, 0) is 24.3 Å². The first-order valence-electron chi connectivity index (χ1n) is 7.44. The summed E-state index contributed by atoms with van der Waals surface area (Å²) in [5.74, 6) is 2.72. The maximum Gasteiger partial charge on any atom is 0.191 e. The number of hydrogen-bond donors (Lipinski definition) is 0. The Labute approximate surface area is 136 Å². The molecule has 4 heterocycles. The van der Waals surface area contributed by atoms with Crippen LogP contribution in [0, 0.1) is 0 Å². The Balaban J connectivity index is 1.46. The molecule has 0 fully saturated rings. The molecule has 0 amide bonds. The molecular formula is C15H16N4OS2. The molecule has 22 heavy (non-hydrogen) atoms. The van der Waals surface area contributed by atoms with Crippen molar-refractivity contribution in [2.24, 2.45) is 0 Å². The molecule has 3 aromatic rings. The second-order valence-corrected chi connectivity index (χ2v) is 7.20. The van der Waals surface area contributed by atoms with Gasteiger partial charge in [-0.3, -0.25) is 0 Å². The Morgan fingerprint density at radius 1 is 1.27 bits per heavy atom. The summed E-state index contributed by atoms with van der Waals surface area (Å²) >= 11 is 3.34. The SMILES string of the molecule is c1csc(-c2cc(CSc3nnc4n3CCCCC4)no2)c1. The van der Waals surface area contributed by atoms with E-state index >= 15 is 0 Å². The van der Waals surface area contributed by atoms with E-state index < -0.39 is 0 Å². The second kappa shape index (κ2) is 6.26. The summed E-state index contributed by atoms with van der Waals surface area (Å²) in [6.07, 6.45) is 4.75. The third kappa shape index (κ3) is 2.83. The highest BCUT2D eigenvalue weighted by Crippen LogP contribution is 2.28. The van der Waals surface area contributed by atoms with Crippen LogP contribution in [0.2, 0.25) is 0 Å². The largest absolute Gasteiger partial charge is 0.355 e. The van der Waals surface area contributed by atoms with Gasteiger partial charge in [0.2, 0.25) is 0 Å². The number of hydrogen-bond acceptors (Lipinski definition) is 6. The molecule has 0 atom stereocenters. The van der Waals surface area contributed by atoms with Gasteiger partial charge >= 0.3 is 0 Å². The number of nitrogens with zero attached hydrogens (tertiary/aromatic N) is 4. The highest BCUT2D eigenvalue weighted by atomic mass is 32.2. The van der Waals surface area contributed by atoms with E-state index in [1.807, 2.05) is 23.6 Å². The molecule has 0 aliphatic carbocycles. The van der Waals surface area contributed by atoms with Gasteiger partial charge < -0.3 is 9.09 Å². The molecule has 0 bridgehead atoms. The number of fused-ring (bicyclic) bond motifs is 1. The van der Waals surface area contributed by atoms with Gasteiger partial charge in [-0.2, -0.15) is 0 Å². The maximum absolute atomic E-state index is 5.42. The molecule has 0 aromatic carbocycles. The van der Waals surface area contributed by atoms with Crippen LogP contribution in [-0.4, -0.2) is 19.9 Å². The quantitative estimate of drug-likeness (QED) is 0.676. The Hall–Kier alpha value is -1.60. The first kappa shape index (κ1) is 14.0. The van der Waals surface area contributed by atoms with Crippen LogP contribution in [0.1, 0.15) is 30.8 Å². The van der Waals surface area contributed by atoms with Crippen molar-refractivity contribution in [1.29, 1.82) is 0 Å². The molecule has 0 saturated heterocycles. The van der Waals surface area contributed by atoms with E-state index in [0.29, 0.717) is 0 Å². The van der Waals surface area contributed by atoms with Crippen LogP contribution >= 0.6 is 23.1 Å². The minimum absolute atomic E-state index is 0.757. The number of thioether (sulfide) groups is 1. The topological polar surface area (TPSA) is 56.7 Å². The van der Waals surface area contributed by atoms with E-state index in [2.05, 4.69) is 19.9 Å². The maximum atomic E-state index is 5.42. The van der Waals surface area contributed by atoms with Gasteiger partial charge in [0.05, 0.1) is 10.6 Å². The molecular weight excluding hydrogens is 316 g/mol. The summed E-state index contributed by atoms with van der Waals surface area (Å²) in [6.45, 7) is 1.03. The Kier molecular flexibility index (Phi) is 3.99. The smallest absolute Gasteiger partial charge is 0.191 e. The Bertz CT molecular complexity index is 748. The van der Waals surface area contributed by atoms with E-state index in [1.54, 1.807) is 23.1 Å². The molecule has 4 rings (SSSR count). The van der Waals surface area contributed by atoms with Crippen LogP contribution in [0.4, 0.5) is 0 Å². The molecule has 3 aromatic heterocycles. The third-order valence-electron chi connectivity index (χ3n) is 3.75. The minimum Gasteiger partial charge on any atom is -0.355 e. The molecule has 0 spiro atoms. The molecule has 1 aliphatic heterocycles. The van der Waals surface area contributed by atoms with E-state index in [0.717, 1.165) is 46.0 Å². The zero-order valence-corrected chi connectivity index (χ0v) is 13.7. The standard InChI is InChI=1S/C15H16N4OS2/c1-2-6-14-16-17-15(19(14)7-3-1)22-10-11-9-12(20-18-11)13-5-4-8-21-13/h4-5,8-9H,1-3,6-7,10H2. The van der Waals surface area contributed by atoms with Crippen molar-refractivity contribution in [3.05, 3.63) is 35.1 Å². The van der Waals surface area contributed by atoms with Crippen LogP contribution < -0.4 is 0 Å². The van der Waals surface area contributed by atoms with Gasteiger partial charge in [0.15, 0.2) is 10.9 Å². The fourth-order valence-electron chi connectivity index (χ4n) is 2.62. The number of aryl methyl sites for hydroxylation is 1. The first-order chi connectivity index (χ1) is 10.9. The predicted molar refractivity (Wildman–Crippen MR) is 87.0 cm³/mol. The zero-order valence-electron chi connectivity index (χ0n) is 12.1. The lowest BCUT2D eigenvalue weighted by Crippen LogP contribution is -2.02. The lowest BCUT2D eigenvalue weighted by atomic mass is 10.2. The van der Waals surface area contributed by atoms with Crippen molar-refractivity contribution < 1.29 is 4.52 Å². The molecule has 114 valence electrons. The molecule has 5 nitrogen and oxygen atoms in total.